The summed E-state index contributed by atoms with van der Waals surface area (Å²) in [6, 6.07) is 22.6. The van der Waals surface area contributed by atoms with Gasteiger partial charge in [0.15, 0.2) is 0 Å². The van der Waals surface area contributed by atoms with E-state index in [0.29, 0.717) is 17.9 Å². The van der Waals surface area contributed by atoms with Crippen LogP contribution in [0.4, 0.5) is 5.82 Å². The Morgan fingerprint density at radius 1 is 1.15 bits per heavy atom. The first-order chi connectivity index (χ1) is 16.5. The van der Waals surface area contributed by atoms with Gasteiger partial charge in [0.05, 0.1) is 30.8 Å². The Morgan fingerprint density at radius 2 is 1.76 bits per heavy atom. The van der Waals surface area contributed by atoms with Crippen LogP contribution in [0, 0.1) is 25.2 Å². The molecule has 6 nitrogen and oxygen atoms in total. The van der Waals surface area contributed by atoms with Crippen LogP contribution < -0.4 is 5.32 Å². The maximum absolute atomic E-state index is 13.3. The first-order valence-corrected chi connectivity index (χ1v) is 11.8. The van der Waals surface area contributed by atoms with Gasteiger partial charge in [-0.05, 0) is 50.4 Å². The number of amides is 1. The van der Waals surface area contributed by atoms with Crippen LogP contribution in [0.25, 0.3) is 0 Å². The molecule has 4 rings (SSSR count). The molecule has 0 radical (unpaired) electrons. The average Bonchev–Trinajstić information content (AvgIpc) is 3.43. The molecule has 34 heavy (non-hydrogen) atoms. The number of benzene rings is 2. The van der Waals surface area contributed by atoms with E-state index in [9.17, 15) is 10.1 Å². The third kappa shape index (κ3) is 5.06. The number of carbonyl (C=O) groups excluding carboxylic acids is 1. The highest BCUT2D eigenvalue weighted by atomic mass is 16.5. The summed E-state index contributed by atoms with van der Waals surface area (Å²) in [5.74, 6) is 0.421. The average molecular weight is 457 g/mol. The summed E-state index contributed by atoms with van der Waals surface area (Å²) in [6.07, 6.45) is 2.14. The van der Waals surface area contributed by atoms with Crippen LogP contribution >= 0.6 is 0 Å². The van der Waals surface area contributed by atoms with Gasteiger partial charge >= 0.3 is 0 Å². The standard InChI is InChI=1S/C28H32N4O2/c1-20-21(2)32(18-24-15-10-16-34-24)28(25(20)17-29)30-26(33)19-31(3)27(22-11-6-4-7-12-22)23-13-8-5-9-14-23/h4-9,11-14,24,27H,10,15-16,18-19H2,1-3H3,(H,30,33). The minimum absolute atomic E-state index is 0.0641. The van der Waals surface area contributed by atoms with E-state index in [1.54, 1.807) is 0 Å². The monoisotopic (exact) mass is 456 g/mol. The van der Waals surface area contributed by atoms with Crippen molar-refractivity contribution in [3.63, 3.8) is 0 Å². The third-order valence-corrected chi connectivity index (χ3v) is 6.67. The molecule has 1 amide bonds. The maximum Gasteiger partial charge on any atom is 0.239 e. The van der Waals surface area contributed by atoms with Gasteiger partial charge in [0, 0.05) is 12.3 Å². The first-order valence-electron chi connectivity index (χ1n) is 11.8. The fourth-order valence-electron chi connectivity index (χ4n) is 4.81. The predicted octanol–water partition coefficient (Wildman–Crippen LogP) is 4.82. The highest BCUT2D eigenvalue weighted by Gasteiger charge is 2.26. The minimum atomic E-state index is -0.151. The van der Waals surface area contributed by atoms with Crippen LogP contribution in [0.3, 0.4) is 0 Å². The van der Waals surface area contributed by atoms with Crippen molar-refractivity contribution in [2.75, 3.05) is 25.5 Å². The van der Waals surface area contributed by atoms with Crippen molar-refractivity contribution in [1.29, 1.82) is 5.26 Å². The zero-order valence-electron chi connectivity index (χ0n) is 20.1. The molecule has 0 bridgehead atoms. The summed E-state index contributed by atoms with van der Waals surface area (Å²) in [7, 11) is 1.96. The molecule has 1 saturated heterocycles. The summed E-state index contributed by atoms with van der Waals surface area (Å²) in [5, 5.41) is 12.9. The number of anilines is 1. The Morgan fingerprint density at radius 3 is 2.29 bits per heavy atom. The van der Waals surface area contributed by atoms with Gasteiger partial charge in [-0.1, -0.05) is 60.7 Å². The van der Waals surface area contributed by atoms with Gasteiger partial charge in [0.1, 0.15) is 11.9 Å². The van der Waals surface area contributed by atoms with Crippen molar-refractivity contribution in [3.8, 4) is 6.07 Å². The van der Waals surface area contributed by atoms with E-state index in [-0.39, 0.29) is 24.6 Å². The Hall–Kier alpha value is -3.40. The number of rotatable bonds is 8. The first kappa shape index (κ1) is 23.7. The number of nitrogens with one attached hydrogen (secondary N) is 1. The van der Waals surface area contributed by atoms with Crippen molar-refractivity contribution in [1.82, 2.24) is 9.47 Å². The van der Waals surface area contributed by atoms with Crippen molar-refractivity contribution < 1.29 is 9.53 Å². The Kier molecular flexibility index (Phi) is 7.46. The smallest absolute Gasteiger partial charge is 0.239 e. The second-order valence-electron chi connectivity index (χ2n) is 8.98. The molecule has 6 heteroatoms. The molecular weight excluding hydrogens is 424 g/mol. The van der Waals surface area contributed by atoms with Gasteiger partial charge in [-0.2, -0.15) is 5.26 Å². The summed E-state index contributed by atoms with van der Waals surface area (Å²) < 4.78 is 7.86. The van der Waals surface area contributed by atoms with E-state index in [4.69, 9.17) is 4.74 Å². The Labute approximate surface area is 201 Å². The molecule has 0 saturated carbocycles. The summed E-state index contributed by atoms with van der Waals surface area (Å²) in [4.78, 5) is 15.3. The number of carbonyl (C=O) groups is 1. The van der Waals surface area contributed by atoms with Gasteiger partial charge in [-0.3, -0.25) is 9.69 Å². The van der Waals surface area contributed by atoms with Crippen molar-refractivity contribution >= 4 is 11.7 Å². The number of aromatic nitrogens is 1. The van der Waals surface area contributed by atoms with Gasteiger partial charge in [0.25, 0.3) is 0 Å². The molecule has 1 unspecified atom stereocenters. The highest BCUT2D eigenvalue weighted by molar-refractivity contribution is 5.93. The van der Waals surface area contributed by atoms with Crippen LogP contribution in [0.1, 0.15) is 46.8 Å². The summed E-state index contributed by atoms with van der Waals surface area (Å²) in [5.41, 5.74) is 4.65. The molecule has 1 aromatic heterocycles. The number of hydrogen-bond acceptors (Lipinski definition) is 4. The molecule has 1 aliphatic heterocycles. The van der Waals surface area contributed by atoms with Gasteiger partial charge in [-0.15, -0.1) is 0 Å². The maximum atomic E-state index is 13.3. The lowest BCUT2D eigenvalue weighted by atomic mass is 9.97. The van der Waals surface area contributed by atoms with Gasteiger partial charge in [0.2, 0.25) is 5.91 Å². The lowest BCUT2D eigenvalue weighted by Crippen LogP contribution is -2.34. The van der Waals surface area contributed by atoms with Crippen LogP contribution in [-0.4, -0.2) is 41.7 Å². The Bertz CT molecular complexity index is 1120. The Balaban J connectivity index is 1.57. The number of hydrogen-bond donors (Lipinski definition) is 1. The van der Waals surface area contributed by atoms with E-state index >= 15 is 0 Å². The molecule has 0 aliphatic carbocycles. The number of nitriles is 1. The van der Waals surface area contributed by atoms with E-state index in [1.165, 1.54) is 0 Å². The molecule has 3 aromatic rings. The van der Waals surface area contributed by atoms with Gasteiger partial charge in [-0.25, -0.2) is 0 Å². The van der Waals surface area contributed by atoms with Crippen LogP contribution in [0.2, 0.25) is 0 Å². The molecule has 1 atom stereocenters. The summed E-state index contributed by atoms with van der Waals surface area (Å²) >= 11 is 0. The van der Waals surface area contributed by atoms with E-state index in [2.05, 4.69) is 35.7 Å². The second kappa shape index (κ2) is 10.7. The lowest BCUT2D eigenvalue weighted by molar-refractivity contribution is -0.117. The number of nitrogens with zero attached hydrogens (tertiary/aromatic N) is 3. The fourth-order valence-corrected chi connectivity index (χ4v) is 4.81. The van der Waals surface area contributed by atoms with Crippen molar-refractivity contribution in [3.05, 3.63) is 88.6 Å². The molecule has 0 spiro atoms. The molecule has 2 heterocycles. The SMILES string of the molecule is Cc1c(C#N)c(NC(=O)CN(C)C(c2ccccc2)c2ccccc2)n(CC2CCCO2)c1C. The molecule has 1 N–H and O–H groups in total. The highest BCUT2D eigenvalue weighted by Crippen LogP contribution is 2.30. The molecule has 176 valence electrons. The van der Waals surface area contributed by atoms with Gasteiger partial charge < -0.3 is 14.6 Å². The quantitative estimate of drug-likeness (QED) is 0.528. The van der Waals surface area contributed by atoms with Crippen LogP contribution in [0.5, 0.6) is 0 Å². The fraction of sp³-hybridized carbons (Fsp3) is 0.357. The predicted molar refractivity (Wildman–Crippen MR) is 134 cm³/mol. The van der Waals surface area contributed by atoms with Crippen molar-refractivity contribution in [2.45, 2.75) is 45.4 Å². The molecular formula is C28H32N4O2. The largest absolute Gasteiger partial charge is 0.376 e. The zero-order valence-corrected chi connectivity index (χ0v) is 20.1. The number of likely N-dealkylation sites (N-methyl/N-ethyl adjacent to an activating group) is 1. The topological polar surface area (TPSA) is 70.3 Å². The third-order valence-electron chi connectivity index (χ3n) is 6.67. The molecule has 1 aliphatic rings. The molecule has 1 fully saturated rings. The van der Waals surface area contributed by atoms with Crippen molar-refractivity contribution in [2.24, 2.45) is 0 Å². The minimum Gasteiger partial charge on any atom is -0.376 e. The van der Waals surface area contributed by atoms with Crippen LogP contribution in [-0.2, 0) is 16.1 Å². The zero-order chi connectivity index (χ0) is 24.1. The molecule has 2 aromatic carbocycles. The summed E-state index contributed by atoms with van der Waals surface area (Å²) in [6.45, 7) is 5.51. The van der Waals surface area contributed by atoms with E-state index in [0.717, 1.165) is 41.8 Å². The lowest BCUT2D eigenvalue weighted by Gasteiger charge is -2.28. The number of ether oxygens (including phenoxy) is 1. The second-order valence-corrected chi connectivity index (χ2v) is 8.98. The van der Waals surface area contributed by atoms with E-state index < -0.39 is 0 Å². The normalized spacial score (nSPS) is 15.6. The van der Waals surface area contributed by atoms with Crippen LogP contribution in [0.15, 0.2) is 60.7 Å². The van der Waals surface area contributed by atoms with E-state index in [1.807, 2.05) is 66.8 Å².